The summed E-state index contributed by atoms with van der Waals surface area (Å²) in [7, 11) is 2.77. The van der Waals surface area contributed by atoms with Gasteiger partial charge in [-0.05, 0) is 23.6 Å². The minimum atomic E-state index is -1.08. The SMILES string of the molecule is CNC(=O)OCSC1CCN([C@H](C(=O)OC)c2ccccc2Cl)C/C1=C\C(=O)O. The molecule has 0 spiro atoms. The molecule has 1 saturated heterocycles. The predicted octanol–water partition coefficient (Wildman–Crippen LogP) is 2.69. The van der Waals surface area contributed by atoms with Gasteiger partial charge in [0.1, 0.15) is 12.0 Å². The summed E-state index contributed by atoms with van der Waals surface area (Å²) in [5, 5.41) is 11.9. The van der Waals surface area contributed by atoms with E-state index in [1.807, 2.05) is 4.90 Å². The summed E-state index contributed by atoms with van der Waals surface area (Å²) in [4.78, 5) is 36.9. The lowest BCUT2D eigenvalue weighted by atomic mass is 9.98. The number of rotatable bonds is 7. The third kappa shape index (κ3) is 6.38. The van der Waals surface area contributed by atoms with Crippen molar-refractivity contribution in [3.8, 4) is 0 Å². The van der Waals surface area contributed by atoms with Crippen LogP contribution in [0, 0.1) is 0 Å². The maximum atomic E-state index is 12.5. The Morgan fingerprint density at radius 2 is 2.14 bits per heavy atom. The second kappa shape index (κ2) is 11.1. The molecule has 1 unspecified atom stereocenters. The number of methoxy groups -OCH3 is 1. The maximum absolute atomic E-state index is 12.5. The van der Waals surface area contributed by atoms with Gasteiger partial charge in [0, 0.05) is 36.5 Å². The number of carbonyl (C=O) groups excluding carboxylic acids is 2. The first-order chi connectivity index (χ1) is 13.9. The van der Waals surface area contributed by atoms with E-state index in [0.717, 1.165) is 6.08 Å². The number of carboxylic acids is 1. The van der Waals surface area contributed by atoms with Gasteiger partial charge in [-0.3, -0.25) is 4.90 Å². The number of hydrogen-bond donors (Lipinski definition) is 2. The van der Waals surface area contributed by atoms with Gasteiger partial charge in [0.15, 0.2) is 0 Å². The Morgan fingerprint density at radius 3 is 2.76 bits per heavy atom. The van der Waals surface area contributed by atoms with Crippen LogP contribution in [0.3, 0.4) is 0 Å². The summed E-state index contributed by atoms with van der Waals surface area (Å²) < 4.78 is 9.97. The summed E-state index contributed by atoms with van der Waals surface area (Å²) in [6.07, 6.45) is 1.16. The van der Waals surface area contributed by atoms with E-state index in [0.29, 0.717) is 29.1 Å². The number of thioether (sulfide) groups is 1. The molecule has 2 atom stereocenters. The Hall–Kier alpha value is -2.23. The molecule has 2 N–H and O–H groups in total. The summed E-state index contributed by atoms with van der Waals surface area (Å²) in [6.45, 7) is 0.758. The van der Waals surface area contributed by atoms with E-state index in [4.69, 9.17) is 21.1 Å². The lowest BCUT2D eigenvalue weighted by Crippen LogP contribution is -2.43. The number of carbonyl (C=O) groups is 3. The number of piperidine rings is 1. The number of esters is 1. The van der Waals surface area contributed by atoms with Crippen molar-refractivity contribution in [3.05, 3.63) is 46.5 Å². The first-order valence-electron chi connectivity index (χ1n) is 8.83. The Kier molecular flexibility index (Phi) is 8.81. The first kappa shape index (κ1) is 23.1. The second-order valence-corrected chi connectivity index (χ2v) is 7.76. The molecule has 158 valence electrons. The van der Waals surface area contributed by atoms with Crippen LogP contribution in [-0.4, -0.2) is 66.5 Å². The third-order valence-corrected chi connectivity index (χ3v) is 5.98. The fraction of sp³-hybridized carbons (Fsp3) is 0.421. The van der Waals surface area contributed by atoms with Crippen molar-refractivity contribution in [3.63, 3.8) is 0 Å². The number of likely N-dealkylation sites (tertiary alicyclic amines) is 1. The van der Waals surface area contributed by atoms with Crippen LogP contribution in [0.2, 0.25) is 5.02 Å². The van der Waals surface area contributed by atoms with Crippen LogP contribution in [0.1, 0.15) is 18.0 Å². The molecule has 1 aliphatic rings. The summed E-state index contributed by atoms with van der Waals surface area (Å²) >= 11 is 7.63. The van der Waals surface area contributed by atoms with Gasteiger partial charge in [-0.2, -0.15) is 0 Å². The molecule has 0 saturated carbocycles. The predicted molar refractivity (Wildman–Crippen MR) is 110 cm³/mol. The number of halogens is 1. The highest BCUT2D eigenvalue weighted by Gasteiger charge is 2.35. The van der Waals surface area contributed by atoms with Gasteiger partial charge >= 0.3 is 18.0 Å². The molecule has 1 amide bonds. The molecule has 1 heterocycles. The van der Waals surface area contributed by atoms with Crippen LogP contribution >= 0.6 is 23.4 Å². The average molecular weight is 443 g/mol. The number of ether oxygens (including phenoxy) is 2. The van der Waals surface area contributed by atoms with Crippen LogP contribution in [0.5, 0.6) is 0 Å². The fourth-order valence-corrected chi connectivity index (χ4v) is 4.32. The standard InChI is InChI=1S/C19H23ClN2O6S/c1-21-19(26)28-11-29-15-7-8-22(10-12(15)9-16(23)24)17(18(25)27-2)13-5-3-4-6-14(13)20/h3-6,9,15,17H,7-8,10-11H2,1-2H3,(H,21,26)(H,23,24)/b12-9+/t15?,17-/m0/s1. The molecule has 2 rings (SSSR count). The van der Waals surface area contributed by atoms with Crippen LogP contribution in [-0.2, 0) is 19.1 Å². The van der Waals surface area contributed by atoms with Gasteiger partial charge in [-0.25, -0.2) is 14.4 Å². The van der Waals surface area contributed by atoms with Crippen LogP contribution in [0.4, 0.5) is 4.79 Å². The van der Waals surface area contributed by atoms with Crippen LogP contribution in [0.15, 0.2) is 35.9 Å². The molecule has 0 radical (unpaired) electrons. The Morgan fingerprint density at radius 1 is 1.41 bits per heavy atom. The van der Waals surface area contributed by atoms with Gasteiger partial charge in [0.25, 0.3) is 0 Å². The monoisotopic (exact) mass is 442 g/mol. The van der Waals surface area contributed by atoms with E-state index in [9.17, 15) is 19.5 Å². The van der Waals surface area contributed by atoms with E-state index >= 15 is 0 Å². The van der Waals surface area contributed by atoms with Gasteiger partial charge in [-0.15, -0.1) is 11.8 Å². The Bertz CT molecular complexity index is 788. The topological polar surface area (TPSA) is 105 Å². The minimum Gasteiger partial charge on any atom is -0.478 e. The number of hydrogen-bond acceptors (Lipinski definition) is 7. The minimum absolute atomic E-state index is 0.0895. The number of benzene rings is 1. The highest BCUT2D eigenvalue weighted by Crippen LogP contribution is 2.35. The van der Waals surface area contributed by atoms with E-state index in [1.165, 1.54) is 25.9 Å². The molecule has 0 aromatic heterocycles. The molecule has 1 fully saturated rings. The van der Waals surface area contributed by atoms with Crippen LogP contribution < -0.4 is 5.32 Å². The summed E-state index contributed by atoms with van der Waals surface area (Å²) in [5.74, 6) is -1.46. The van der Waals surface area contributed by atoms with E-state index in [-0.39, 0.29) is 17.7 Å². The first-order valence-corrected chi connectivity index (χ1v) is 10.3. The van der Waals surface area contributed by atoms with Crippen molar-refractivity contribution in [1.82, 2.24) is 10.2 Å². The second-order valence-electron chi connectivity index (χ2n) is 6.22. The molecule has 1 aromatic rings. The van der Waals surface area contributed by atoms with Crippen molar-refractivity contribution in [2.24, 2.45) is 0 Å². The lowest BCUT2D eigenvalue weighted by molar-refractivity contribution is -0.147. The molecule has 0 aliphatic carbocycles. The Labute approximate surface area is 178 Å². The summed E-state index contributed by atoms with van der Waals surface area (Å²) in [6, 6.07) is 6.25. The third-order valence-electron chi connectivity index (χ3n) is 4.44. The zero-order valence-electron chi connectivity index (χ0n) is 16.1. The van der Waals surface area contributed by atoms with E-state index in [1.54, 1.807) is 24.3 Å². The number of nitrogens with zero attached hydrogens (tertiary/aromatic N) is 1. The molecular weight excluding hydrogens is 420 g/mol. The smallest absolute Gasteiger partial charge is 0.407 e. The molecule has 0 bridgehead atoms. The van der Waals surface area contributed by atoms with Crippen molar-refractivity contribution >= 4 is 41.4 Å². The molecular formula is C19H23ClN2O6S. The zero-order chi connectivity index (χ0) is 21.4. The van der Waals surface area contributed by atoms with E-state index < -0.39 is 24.1 Å². The molecule has 8 nitrogen and oxygen atoms in total. The number of amides is 1. The number of alkyl carbamates (subject to hydrolysis) is 1. The number of nitrogens with one attached hydrogen (secondary N) is 1. The largest absolute Gasteiger partial charge is 0.478 e. The van der Waals surface area contributed by atoms with Crippen molar-refractivity contribution < 1.29 is 29.0 Å². The highest BCUT2D eigenvalue weighted by molar-refractivity contribution is 7.99. The molecule has 1 aromatic carbocycles. The normalized spacial score (nSPS) is 19.4. The van der Waals surface area contributed by atoms with Gasteiger partial charge < -0.3 is 19.9 Å². The van der Waals surface area contributed by atoms with Gasteiger partial charge in [0.2, 0.25) is 0 Å². The van der Waals surface area contributed by atoms with Crippen LogP contribution in [0.25, 0.3) is 0 Å². The highest BCUT2D eigenvalue weighted by atomic mass is 35.5. The van der Waals surface area contributed by atoms with E-state index in [2.05, 4.69) is 5.32 Å². The van der Waals surface area contributed by atoms with Gasteiger partial charge in [0.05, 0.1) is 7.11 Å². The van der Waals surface area contributed by atoms with Gasteiger partial charge in [-0.1, -0.05) is 29.8 Å². The zero-order valence-corrected chi connectivity index (χ0v) is 17.7. The molecule has 10 heteroatoms. The fourth-order valence-electron chi connectivity index (χ4n) is 3.11. The van der Waals surface area contributed by atoms with Crippen molar-refractivity contribution in [1.29, 1.82) is 0 Å². The Balaban J connectivity index is 2.22. The lowest BCUT2D eigenvalue weighted by Gasteiger charge is -2.38. The number of aliphatic carboxylic acids is 1. The van der Waals surface area contributed by atoms with Crippen molar-refractivity contribution in [2.75, 3.05) is 33.2 Å². The maximum Gasteiger partial charge on any atom is 0.407 e. The quantitative estimate of drug-likeness (QED) is 0.377. The summed E-state index contributed by atoms with van der Waals surface area (Å²) in [5.41, 5.74) is 1.22. The average Bonchev–Trinajstić information content (AvgIpc) is 2.70. The molecule has 1 aliphatic heterocycles. The number of carboxylic acid groups (broad SMARTS) is 1. The van der Waals surface area contributed by atoms with Crippen molar-refractivity contribution in [2.45, 2.75) is 17.7 Å². The molecule has 29 heavy (non-hydrogen) atoms.